The minimum absolute atomic E-state index is 0.355. The number of nitrogens with two attached hydrogens (primary N) is 1. The van der Waals surface area contributed by atoms with Crippen LogP contribution in [0, 0.1) is 0 Å². The Morgan fingerprint density at radius 3 is 2.00 bits per heavy atom. The van der Waals surface area contributed by atoms with Gasteiger partial charge < -0.3 is 24.8 Å². The molecule has 0 unspecified atom stereocenters. The summed E-state index contributed by atoms with van der Waals surface area (Å²) in [5.41, 5.74) is 8.44. The second kappa shape index (κ2) is 9.77. The molecule has 1 aliphatic heterocycles. The minimum atomic E-state index is -0.721. The van der Waals surface area contributed by atoms with Crippen molar-refractivity contribution in [2.24, 2.45) is 5.73 Å². The van der Waals surface area contributed by atoms with Crippen molar-refractivity contribution in [1.29, 1.82) is 0 Å². The number of hydrogen-bond donors (Lipinski definition) is 1. The fourth-order valence-electron chi connectivity index (χ4n) is 3.86. The highest BCUT2D eigenvalue weighted by Gasteiger charge is 2.46. The standard InChI is InChI=1S/C28H32N2O4/c1-27(2,3)34-26(31)30-19-28(29,20-30)24-15-14-23(32-17-21-10-6-4-7-11-21)16-25(24)33-18-22-12-8-5-9-13-22/h4-16H,17-20,29H2,1-3H3. The molecule has 2 N–H and O–H groups in total. The van der Waals surface area contributed by atoms with Gasteiger partial charge >= 0.3 is 6.09 Å². The van der Waals surface area contributed by atoms with Crippen LogP contribution in [0.25, 0.3) is 0 Å². The highest BCUT2D eigenvalue weighted by Crippen LogP contribution is 2.38. The summed E-state index contributed by atoms with van der Waals surface area (Å²) in [6.45, 7) is 7.13. The van der Waals surface area contributed by atoms with E-state index < -0.39 is 11.1 Å². The van der Waals surface area contributed by atoms with E-state index in [4.69, 9.17) is 19.9 Å². The molecule has 6 nitrogen and oxygen atoms in total. The molecule has 3 aromatic rings. The maximum atomic E-state index is 12.4. The molecule has 1 saturated heterocycles. The van der Waals surface area contributed by atoms with Crippen molar-refractivity contribution in [3.8, 4) is 11.5 Å². The molecule has 1 heterocycles. The summed E-state index contributed by atoms with van der Waals surface area (Å²) >= 11 is 0. The number of rotatable bonds is 7. The molecular weight excluding hydrogens is 428 g/mol. The predicted octanol–water partition coefficient (Wildman–Crippen LogP) is 5.25. The summed E-state index contributed by atoms with van der Waals surface area (Å²) in [7, 11) is 0. The lowest BCUT2D eigenvalue weighted by atomic mass is 9.83. The summed E-state index contributed by atoms with van der Waals surface area (Å²) < 4.78 is 17.7. The number of carbonyl (C=O) groups is 1. The SMILES string of the molecule is CC(C)(C)OC(=O)N1CC(N)(c2ccc(OCc3ccccc3)cc2OCc2ccccc2)C1. The molecule has 178 valence electrons. The molecule has 1 fully saturated rings. The number of hydrogen-bond acceptors (Lipinski definition) is 5. The van der Waals surface area contributed by atoms with E-state index in [0.717, 1.165) is 16.7 Å². The van der Waals surface area contributed by atoms with Crippen LogP contribution in [0.5, 0.6) is 11.5 Å². The Balaban J connectivity index is 1.51. The molecular formula is C28H32N2O4. The van der Waals surface area contributed by atoms with Crippen LogP contribution in [0.2, 0.25) is 0 Å². The zero-order valence-electron chi connectivity index (χ0n) is 20.0. The van der Waals surface area contributed by atoms with Gasteiger partial charge in [0, 0.05) is 24.7 Å². The van der Waals surface area contributed by atoms with Crippen LogP contribution in [-0.4, -0.2) is 29.7 Å². The first-order chi connectivity index (χ1) is 16.2. The summed E-state index contributed by atoms with van der Waals surface area (Å²) in [5.74, 6) is 1.35. The summed E-state index contributed by atoms with van der Waals surface area (Å²) in [5, 5.41) is 0. The summed E-state index contributed by atoms with van der Waals surface area (Å²) in [4.78, 5) is 14.0. The molecule has 0 aromatic heterocycles. The fourth-order valence-corrected chi connectivity index (χ4v) is 3.86. The van der Waals surface area contributed by atoms with Gasteiger partial charge in [0.1, 0.15) is 30.3 Å². The Labute approximate surface area is 201 Å². The smallest absolute Gasteiger partial charge is 0.410 e. The van der Waals surface area contributed by atoms with E-state index in [1.165, 1.54) is 0 Å². The molecule has 0 bridgehead atoms. The van der Waals surface area contributed by atoms with Crippen LogP contribution < -0.4 is 15.2 Å². The van der Waals surface area contributed by atoms with E-state index in [0.29, 0.717) is 37.8 Å². The first kappa shape index (κ1) is 23.6. The average molecular weight is 461 g/mol. The maximum Gasteiger partial charge on any atom is 0.410 e. The van der Waals surface area contributed by atoms with Gasteiger partial charge in [-0.3, -0.25) is 0 Å². The van der Waals surface area contributed by atoms with Crippen LogP contribution in [0.4, 0.5) is 4.79 Å². The van der Waals surface area contributed by atoms with Crippen molar-refractivity contribution in [2.75, 3.05) is 13.1 Å². The number of benzene rings is 3. The van der Waals surface area contributed by atoms with Crippen molar-refractivity contribution < 1.29 is 19.0 Å². The van der Waals surface area contributed by atoms with E-state index in [-0.39, 0.29) is 6.09 Å². The Morgan fingerprint density at radius 2 is 1.44 bits per heavy atom. The average Bonchev–Trinajstić information content (AvgIpc) is 2.79. The molecule has 0 atom stereocenters. The number of nitrogens with zero attached hydrogens (tertiary/aromatic N) is 1. The van der Waals surface area contributed by atoms with Crippen LogP contribution in [0.15, 0.2) is 78.9 Å². The Kier molecular flexibility index (Phi) is 6.80. The van der Waals surface area contributed by atoms with Crippen molar-refractivity contribution in [3.05, 3.63) is 95.6 Å². The van der Waals surface area contributed by atoms with E-state index in [9.17, 15) is 4.79 Å². The predicted molar refractivity (Wildman–Crippen MR) is 132 cm³/mol. The van der Waals surface area contributed by atoms with Gasteiger partial charge in [-0.2, -0.15) is 0 Å². The van der Waals surface area contributed by atoms with Gasteiger partial charge in [-0.05, 0) is 44.0 Å². The lowest BCUT2D eigenvalue weighted by Gasteiger charge is -2.48. The van der Waals surface area contributed by atoms with Crippen LogP contribution in [-0.2, 0) is 23.5 Å². The van der Waals surface area contributed by atoms with Gasteiger partial charge in [-0.25, -0.2) is 4.79 Å². The molecule has 1 amide bonds. The largest absolute Gasteiger partial charge is 0.489 e. The zero-order valence-corrected chi connectivity index (χ0v) is 20.0. The van der Waals surface area contributed by atoms with Gasteiger partial charge in [0.05, 0.1) is 5.54 Å². The molecule has 0 saturated carbocycles. The molecule has 4 rings (SSSR count). The van der Waals surface area contributed by atoms with Crippen LogP contribution in [0.1, 0.15) is 37.5 Å². The monoisotopic (exact) mass is 460 g/mol. The van der Waals surface area contributed by atoms with Crippen molar-refractivity contribution in [2.45, 2.75) is 45.1 Å². The van der Waals surface area contributed by atoms with Gasteiger partial charge in [0.15, 0.2) is 0 Å². The first-order valence-corrected chi connectivity index (χ1v) is 11.5. The fraction of sp³-hybridized carbons (Fsp3) is 0.321. The quantitative estimate of drug-likeness (QED) is 0.521. The normalized spacial score (nSPS) is 14.8. The summed E-state index contributed by atoms with van der Waals surface area (Å²) in [6, 6.07) is 25.7. The van der Waals surface area contributed by atoms with Crippen LogP contribution in [0.3, 0.4) is 0 Å². The first-order valence-electron chi connectivity index (χ1n) is 11.5. The van der Waals surface area contributed by atoms with E-state index >= 15 is 0 Å². The van der Waals surface area contributed by atoms with Crippen molar-refractivity contribution in [3.63, 3.8) is 0 Å². The highest BCUT2D eigenvalue weighted by molar-refractivity contribution is 5.70. The van der Waals surface area contributed by atoms with E-state index in [1.54, 1.807) is 4.90 Å². The second-order valence-corrected chi connectivity index (χ2v) is 9.70. The van der Waals surface area contributed by atoms with Crippen molar-refractivity contribution in [1.82, 2.24) is 4.90 Å². The van der Waals surface area contributed by atoms with Gasteiger partial charge in [-0.15, -0.1) is 0 Å². The topological polar surface area (TPSA) is 74.0 Å². The Morgan fingerprint density at radius 1 is 0.882 bits per heavy atom. The third kappa shape index (κ3) is 5.88. The number of ether oxygens (including phenoxy) is 3. The summed E-state index contributed by atoms with van der Waals surface area (Å²) in [6.07, 6.45) is -0.358. The lowest BCUT2D eigenvalue weighted by molar-refractivity contribution is -0.00944. The Bertz CT molecular complexity index is 1100. The van der Waals surface area contributed by atoms with Gasteiger partial charge in [0.2, 0.25) is 0 Å². The van der Waals surface area contributed by atoms with Crippen molar-refractivity contribution >= 4 is 6.09 Å². The van der Waals surface area contributed by atoms with Crippen LogP contribution >= 0.6 is 0 Å². The number of likely N-dealkylation sites (tertiary alicyclic amines) is 1. The third-order valence-corrected chi connectivity index (χ3v) is 5.57. The molecule has 1 aliphatic rings. The molecule has 34 heavy (non-hydrogen) atoms. The highest BCUT2D eigenvalue weighted by atomic mass is 16.6. The minimum Gasteiger partial charge on any atom is -0.489 e. The second-order valence-electron chi connectivity index (χ2n) is 9.70. The third-order valence-electron chi connectivity index (χ3n) is 5.57. The molecule has 0 spiro atoms. The zero-order chi connectivity index (χ0) is 24.2. The molecule has 0 aliphatic carbocycles. The lowest BCUT2D eigenvalue weighted by Crippen LogP contribution is -2.66. The number of carbonyl (C=O) groups excluding carboxylic acids is 1. The molecule has 6 heteroatoms. The van der Waals surface area contributed by atoms with Gasteiger partial charge in [0.25, 0.3) is 0 Å². The maximum absolute atomic E-state index is 12.4. The van der Waals surface area contributed by atoms with E-state index in [2.05, 4.69) is 0 Å². The molecule has 3 aromatic carbocycles. The van der Waals surface area contributed by atoms with E-state index in [1.807, 2.05) is 99.6 Å². The number of amides is 1. The molecule has 0 radical (unpaired) electrons. The van der Waals surface area contributed by atoms with Gasteiger partial charge in [-0.1, -0.05) is 60.7 Å². The Hall–Kier alpha value is -3.51.